The van der Waals surface area contributed by atoms with Crippen molar-refractivity contribution in [3.63, 3.8) is 0 Å². The highest BCUT2D eigenvalue weighted by Gasteiger charge is 2.31. The van der Waals surface area contributed by atoms with Crippen molar-refractivity contribution in [3.8, 4) is 22.6 Å². The molecular formula is C23H24F3N3O2. The van der Waals surface area contributed by atoms with Crippen molar-refractivity contribution < 1.29 is 23.0 Å². The summed E-state index contributed by atoms with van der Waals surface area (Å²) in [6.07, 6.45) is -0.941. The lowest BCUT2D eigenvalue weighted by molar-refractivity contribution is -0.137. The second-order valence-corrected chi connectivity index (χ2v) is 7.82. The molecule has 0 spiro atoms. The van der Waals surface area contributed by atoms with Crippen LogP contribution in [-0.2, 0) is 12.7 Å². The fraction of sp³-hybridized carbons (Fsp3) is 0.348. The Bertz CT molecular complexity index is 1050. The number of piperidine rings is 1. The third-order valence-corrected chi connectivity index (χ3v) is 5.78. The van der Waals surface area contributed by atoms with Crippen LogP contribution < -0.4 is 4.74 Å². The Hall–Kier alpha value is -3.00. The molecule has 1 saturated heterocycles. The third kappa shape index (κ3) is 4.54. The first-order valence-corrected chi connectivity index (χ1v) is 10.1. The number of benzene rings is 2. The number of aromatic nitrogens is 2. The molecule has 0 amide bonds. The van der Waals surface area contributed by atoms with Gasteiger partial charge in [0.15, 0.2) is 11.5 Å². The first-order valence-electron chi connectivity index (χ1n) is 10.1. The van der Waals surface area contributed by atoms with Gasteiger partial charge in [0.05, 0.1) is 18.9 Å². The molecule has 1 aromatic heterocycles. The summed E-state index contributed by atoms with van der Waals surface area (Å²) in [5.41, 5.74) is 2.15. The average molecular weight is 431 g/mol. The van der Waals surface area contributed by atoms with E-state index in [9.17, 15) is 18.3 Å². The van der Waals surface area contributed by atoms with Crippen molar-refractivity contribution >= 4 is 0 Å². The minimum atomic E-state index is -4.39. The largest absolute Gasteiger partial charge is 0.504 e. The van der Waals surface area contributed by atoms with Gasteiger partial charge < -0.3 is 9.84 Å². The number of nitrogens with zero attached hydrogens (tertiary/aromatic N) is 2. The molecule has 0 aliphatic carbocycles. The van der Waals surface area contributed by atoms with E-state index in [4.69, 9.17) is 4.74 Å². The molecule has 164 valence electrons. The summed E-state index contributed by atoms with van der Waals surface area (Å²) in [5.74, 6) is 0.679. The number of alkyl halides is 3. The Balaban J connectivity index is 1.55. The molecule has 1 aliphatic rings. The predicted molar refractivity (Wildman–Crippen MR) is 111 cm³/mol. The maximum absolute atomic E-state index is 13.2. The standard InChI is InChI=1S/C23H24F3N3O2/c1-31-20-9-3-6-17(22(20)30)14-29-10-4-7-16(13-29)21-19(12-27-28-21)15-5-2-8-18(11-15)23(24,25)26/h2-3,5-6,8-9,11-12,16,30H,4,7,10,13-14H2,1H3,(H,27,28)/t16-/m0/s1. The zero-order valence-electron chi connectivity index (χ0n) is 17.1. The molecule has 1 fully saturated rings. The van der Waals surface area contributed by atoms with Crippen LogP contribution in [0.1, 0.15) is 35.6 Å². The van der Waals surface area contributed by atoms with Gasteiger partial charge in [0.2, 0.25) is 0 Å². The number of halogens is 3. The predicted octanol–water partition coefficient (Wildman–Crippen LogP) is 5.19. The highest BCUT2D eigenvalue weighted by atomic mass is 19.4. The Labute approximate surface area is 178 Å². The van der Waals surface area contributed by atoms with Crippen LogP contribution in [-0.4, -0.2) is 40.4 Å². The zero-order valence-corrected chi connectivity index (χ0v) is 17.1. The van der Waals surface area contributed by atoms with E-state index in [1.54, 1.807) is 18.3 Å². The SMILES string of the molecule is COc1cccc(CN2CCC[C@H](c3[nH]ncc3-c3cccc(C(F)(F)F)c3)C2)c1O. The molecule has 1 aliphatic heterocycles. The third-order valence-electron chi connectivity index (χ3n) is 5.78. The van der Waals surface area contributed by atoms with Crippen molar-refractivity contribution in [2.75, 3.05) is 20.2 Å². The molecule has 2 N–H and O–H groups in total. The summed E-state index contributed by atoms with van der Waals surface area (Å²) in [4.78, 5) is 2.24. The van der Waals surface area contributed by atoms with E-state index in [1.807, 2.05) is 12.1 Å². The molecule has 1 atom stereocenters. The van der Waals surface area contributed by atoms with Gasteiger partial charge in [0.25, 0.3) is 0 Å². The van der Waals surface area contributed by atoms with E-state index < -0.39 is 11.7 Å². The normalized spacial score (nSPS) is 17.6. The van der Waals surface area contributed by atoms with Crippen LogP contribution in [0.15, 0.2) is 48.7 Å². The van der Waals surface area contributed by atoms with Gasteiger partial charge in [0.1, 0.15) is 0 Å². The Morgan fingerprint density at radius 2 is 2.03 bits per heavy atom. The molecular weight excluding hydrogens is 407 g/mol. The number of phenols is 1. The van der Waals surface area contributed by atoms with Gasteiger partial charge in [0, 0.05) is 35.8 Å². The van der Waals surface area contributed by atoms with Gasteiger partial charge in [-0.15, -0.1) is 0 Å². The number of methoxy groups -OCH3 is 1. The molecule has 31 heavy (non-hydrogen) atoms. The highest BCUT2D eigenvalue weighted by molar-refractivity contribution is 5.66. The van der Waals surface area contributed by atoms with E-state index in [-0.39, 0.29) is 11.7 Å². The van der Waals surface area contributed by atoms with E-state index in [2.05, 4.69) is 15.1 Å². The molecule has 8 heteroatoms. The fourth-order valence-corrected chi connectivity index (χ4v) is 4.24. The van der Waals surface area contributed by atoms with Gasteiger partial charge in [-0.25, -0.2) is 0 Å². The molecule has 0 radical (unpaired) electrons. The average Bonchev–Trinajstić information content (AvgIpc) is 3.25. The number of aromatic hydroxyl groups is 1. The summed E-state index contributed by atoms with van der Waals surface area (Å²) < 4.78 is 44.6. The monoisotopic (exact) mass is 431 g/mol. The Morgan fingerprint density at radius 1 is 1.23 bits per heavy atom. The number of rotatable bonds is 5. The number of aromatic amines is 1. The van der Waals surface area contributed by atoms with E-state index in [0.717, 1.165) is 36.7 Å². The van der Waals surface area contributed by atoms with Gasteiger partial charge in [-0.3, -0.25) is 10.00 Å². The maximum Gasteiger partial charge on any atom is 0.416 e. The number of H-pyrrole nitrogens is 1. The molecule has 3 aromatic rings. The number of nitrogens with one attached hydrogen (secondary N) is 1. The molecule has 5 nitrogen and oxygen atoms in total. The number of ether oxygens (including phenoxy) is 1. The molecule has 2 heterocycles. The molecule has 0 saturated carbocycles. The van der Waals surface area contributed by atoms with Crippen molar-refractivity contribution in [3.05, 3.63) is 65.5 Å². The molecule has 0 bridgehead atoms. The maximum atomic E-state index is 13.2. The highest BCUT2D eigenvalue weighted by Crippen LogP contribution is 2.37. The summed E-state index contributed by atoms with van der Waals surface area (Å²) in [6.45, 7) is 2.15. The fourth-order valence-electron chi connectivity index (χ4n) is 4.24. The van der Waals surface area contributed by atoms with Crippen molar-refractivity contribution in [1.29, 1.82) is 0 Å². The van der Waals surface area contributed by atoms with Crippen LogP contribution in [0, 0.1) is 0 Å². The summed E-state index contributed by atoms with van der Waals surface area (Å²) in [6, 6.07) is 10.8. The van der Waals surface area contributed by atoms with E-state index >= 15 is 0 Å². The quantitative estimate of drug-likeness (QED) is 0.584. The number of hydrogen-bond donors (Lipinski definition) is 2. The minimum absolute atomic E-state index is 0.105. The second kappa shape index (κ2) is 8.63. The number of hydrogen-bond acceptors (Lipinski definition) is 4. The number of para-hydroxylation sites is 1. The minimum Gasteiger partial charge on any atom is -0.504 e. The first-order chi connectivity index (χ1) is 14.9. The van der Waals surface area contributed by atoms with Crippen LogP contribution in [0.2, 0.25) is 0 Å². The van der Waals surface area contributed by atoms with Gasteiger partial charge >= 0.3 is 6.18 Å². The van der Waals surface area contributed by atoms with Gasteiger partial charge in [-0.05, 0) is 43.1 Å². The second-order valence-electron chi connectivity index (χ2n) is 7.82. The van der Waals surface area contributed by atoms with Crippen LogP contribution in [0.25, 0.3) is 11.1 Å². The van der Waals surface area contributed by atoms with E-state index in [1.165, 1.54) is 19.2 Å². The van der Waals surface area contributed by atoms with Crippen molar-refractivity contribution in [2.45, 2.75) is 31.5 Å². The van der Waals surface area contributed by atoms with Gasteiger partial charge in [-0.1, -0.05) is 24.3 Å². The zero-order chi connectivity index (χ0) is 22.0. The number of phenolic OH excluding ortho intramolecular Hbond substituents is 1. The molecule has 4 rings (SSSR count). The lowest BCUT2D eigenvalue weighted by Gasteiger charge is -2.33. The number of likely N-dealkylation sites (tertiary alicyclic amines) is 1. The van der Waals surface area contributed by atoms with E-state index in [0.29, 0.717) is 30.0 Å². The summed E-state index contributed by atoms with van der Waals surface area (Å²) in [7, 11) is 1.52. The molecule has 2 aromatic carbocycles. The Morgan fingerprint density at radius 3 is 2.81 bits per heavy atom. The van der Waals surface area contributed by atoms with Crippen molar-refractivity contribution in [1.82, 2.24) is 15.1 Å². The van der Waals surface area contributed by atoms with Crippen LogP contribution >= 0.6 is 0 Å². The lowest BCUT2D eigenvalue weighted by Crippen LogP contribution is -2.34. The lowest BCUT2D eigenvalue weighted by atomic mass is 9.90. The van der Waals surface area contributed by atoms with Gasteiger partial charge in [-0.2, -0.15) is 18.3 Å². The Kier molecular flexibility index (Phi) is 5.91. The topological polar surface area (TPSA) is 61.4 Å². The van der Waals surface area contributed by atoms with Crippen molar-refractivity contribution in [2.24, 2.45) is 0 Å². The first kappa shape index (κ1) is 21.2. The summed E-state index contributed by atoms with van der Waals surface area (Å²) in [5, 5.41) is 17.5. The van der Waals surface area contributed by atoms with Crippen LogP contribution in [0.5, 0.6) is 11.5 Å². The molecule has 0 unspecified atom stereocenters. The van der Waals surface area contributed by atoms with Crippen LogP contribution in [0.3, 0.4) is 0 Å². The smallest absolute Gasteiger partial charge is 0.416 e. The summed E-state index contributed by atoms with van der Waals surface area (Å²) >= 11 is 0. The van der Waals surface area contributed by atoms with Crippen LogP contribution in [0.4, 0.5) is 13.2 Å².